The first kappa shape index (κ1) is 33.7. The number of hydrogen-bond acceptors (Lipinski definition) is 7. The summed E-state index contributed by atoms with van der Waals surface area (Å²) in [5.41, 5.74) is 1.03. The molecule has 0 aromatic heterocycles. The van der Waals surface area contributed by atoms with Crippen LogP contribution < -0.4 is 23.8 Å². The summed E-state index contributed by atoms with van der Waals surface area (Å²) >= 11 is 3.41. The molecule has 3 rings (SSSR count). The van der Waals surface area contributed by atoms with Crippen LogP contribution in [0.2, 0.25) is 0 Å². The van der Waals surface area contributed by atoms with E-state index in [1.807, 2.05) is 38.1 Å². The van der Waals surface area contributed by atoms with Crippen LogP contribution in [0.5, 0.6) is 17.2 Å². The van der Waals surface area contributed by atoms with Gasteiger partial charge < -0.3 is 24.4 Å². The summed E-state index contributed by atoms with van der Waals surface area (Å²) in [6.07, 6.45) is 0.730. The monoisotopic (exact) mass is 675 g/mol. The Morgan fingerprint density at radius 2 is 1.58 bits per heavy atom. The lowest BCUT2D eigenvalue weighted by molar-refractivity contribution is -0.139. The number of ether oxygens (including phenoxy) is 3. The van der Waals surface area contributed by atoms with Crippen LogP contribution in [0.3, 0.4) is 0 Å². The van der Waals surface area contributed by atoms with Crippen LogP contribution >= 0.6 is 15.9 Å². The van der Waals surface area contributed by atoms with E-state index >= 15 is 0 Å². The quantitative estimate of drug-likeness (QED) is 0.241. The maximum absolute atomic E-state index is 14.2. The van der Waals surface area contributed by atoms with Gasteiger partial charge in [-0.1, -0.05) is 35.0 Å². The highest BCUT2D eigenvalue weighted by Crippen LogP contribution is 2.33. The lowest BCUT2D eigenvalue weighted by Crippen LogP contribution is -2.51. The van der Waals surface area contributed by atoms with E-state index in [-0.39, 0.29) is 28.8 Å². The molecule has 3 aromatic rings. The average Bonchev–Trinajstić information content (AvgIpc) is 3.01. The van der Waals surface area contributed by atoms with Crippen molar-refractivity contribution in [2.24, 2.45) is 0 Å². The largest absolute Gasteiger partial charge is 0.494 e. The first-order valence-electron chi connectivity index (χ1n) is 13.8. The molecule has 0 saturated heterocycles. The van der Waals surface area contributed by atoms with Crippen molar-refractivity contribution >= 4 is 43.5 Å². The van der Waals surface area contributed by atoms with E-state index < -0.39 is 28.5 Å². The van der Waals surface area contributed by atoms with Crippen LogP contribution in [-0.2, 0) is 26.2 Å². The molecular weight excluding hydrogens is 638 g/mol. The Bertz CT molecular complexity index is 1480. The Balaban J connectivity index is 2.07. The molecule has 0 saturated carbocycles. The van der Waals surface area contributed by atoms with E-state index in [0.717, 1.165) is 20.8 Å². The van der Waals surface area contributed by atoms with Gasteiger partial charge in [0.15, 0.2) is 11.5 Å². The number of sulfonamides is 1. The fourth-order valence-corrected chi connectivity index (χ4v) is 5.97. The third-order valence-electron chi connectivity index (χ3n) is 6.64. The molecule has 0 aliphatic rings. The predicted octanol–water partition coefficient (Wildman–Crippen LogP) is 5.00. The van der Waals surface area contributed by atoms with Gasteiger partial charge in [0.05, 0.1) is 31.4 Å². The molecular formula is C31H38BrN3O7S. The normalized spacial score (nSPS) is 11.8. The molecule has 2 amide bonds. The molecule has 1 atom stereocenters. The second-order valence-corrected chi connectivity index (χ2v) is 12.3. The van der Waals surface area contributed by atoms with E-state index in [9.17, 15) is 18.0 Å². The highest BCUT2D eigenvalue weighted by Gasteiger charge is 2.33. The minimum atomic E-state index is -4.30. The van der Waals surface area contributed by atoms with Gasteiger partial charge in [-0.15, -0.1) is 0 Å². The number of nitrogens with one attached hydrogen (secondary N) is 1. The molecule has 0 fully saturated rings. The lowest BCUT2D eigenvalue weighted by atomic mass is 10.1. The van der Waals surface area contributed by atoms with Crippen LogP contribution in [0, 0.1) is 0 Å². The van der Waals surface area contributed by atoms with Crippen LogP contribution in [0.15, 0.2) is 76.1 Å². The summed E-state index contributed by atoms with van der Waals surface area (Å²) in [5.74, 6) is 0.249. The number of anilines is 1. The number of methoxy groups -OCH3 is 2. The number of nitrogens with zero attached hydrogens (tertiary/aromatic N) is 2. The summed E-state index contributed by atoms with van der Waals surface area (Å²) < 4.78 is 46.3. The van der Waals surface area contributed by atoms with Crippen molar-refractivity contribution in [3.05, 3.63) is 76.8 Å². The maximum atomic E-state index is 14.2. The summed E-state index contributed by atoms with van der Waals surface area (Å²) in [7, 11) is -1.44. The second kappa shape index (κ2) is 15.6. The van der Waals surface area contributed by atoms with Gasteiger partial charge in [0, 0.05) is 23.6 Å². The number of halogens is 1. The van der Waals surface area contributed by atoms with Crippen LogP contribution in [0.4, 0.5) is 5.69 Å². The van der Waals surface area contributed by atoms with E-state index in [2.05, 4.69) is 21.2 Å². The molecule has 12 heteroatoms. The standard InChI is InChI=1S/C31H38BrN3O7S/c1-6-18-33-31(37)22(3)34(20-23-8-10-24(32)11-9-23)30(36)21-35(25-12-14-26(15-13-25)42-7-2)43(38,39)27-16-17-28(40-4)29(19-27)41-5/h8-17,19,22H,6-7,18,20-21H2,1-5H3,(H,33,37)/t22-/m0/s1. The Labute approximate surface area is 262 Å². The SMILES string of the molecule is CCCNC(=O)[C@H](C)N(Cc1ccc(Br)cc1)C(=O)CN(c1ccc(OCC)cc1)S(=O)(=O)c1ccc(OC)c(OC)c1. The van der Waals surface area contributed by atoms with Crippen LogP contribution in [0.1, 0.15) is 32.8 Å². The number of carbonyl (C=O) groups is 2. The minimum Gasteiger partial charge on any atom is -0.494 e. The molecule has 0 spiro atoms. The van der Waals surface area contributed by atoms with Crippen molar-refractivity contribution in [1.82, 2.24) is 10.2 Å². The highest BCUT2D eigenvalue weighted by molar-refractivity contribution is 9.10. The van der Waals surface area contributed by atoms with Crippen molar-refractivity contribution in [3.63, 3.8) is 0 Å². The molecule has 0 aliphatic heterocycles. The van der Waals surface area contributed by atoms with E-state index in [4.69, 9.17) is 14.2 Å². The summed E-state index contributed by atoms with van der Waals surface area (Å²) in [6.45, 7) is 5.84. The predicted molar refractivity (Wildman–Crippen MR) is 169 cm³/mol. The zero-order chi connectivity index (χ0) is 31.6. The van der Waals surface area contributed by atoms with Crippen molar-refractivity contribution in [2.75, 3.05) is 38.2 Å². The first-order chi connectivity index (χ1) is 20.5. The highest BCUT2D eigenvalue weighted by atomic mass is 79.9. The van der Waals surface area contributed by atoms with Crippen LogP contribution in [-0.4, -0.2) is 65.1 Å². The molecule has 0 radical (unpaired) electrons. The van der Waals surface area contributed by atoms with E-state index in [0.29, 0.717) is 24.7 Å². The second-order valence-electron chi connectivity index (χ2n) is 9.57. The zero-order valence-corrected chi connectivity index (χ0v) is 27.4. The van der Waals surface area contributed by atoms with Gasteiger partial charge in [0.1, 0.15) is 18.3 Å². The fourth-order valence-electron chi connectivity index (χ4n) is 4.27. The Hall–Kier alpha value is -3.77. The molecule has 10 nitrogen and oxygen atoms in total. The summed E-state index contributed by atoms with van der Waals surface area (Å²) in [5, 5.41) is 2.83. The number of hydrogen-bond donors (Lipinski definition) is 1. The van der Waals surface area contributed by atoms with E-state index in [1.54, 1.807) is 31.2 Å². The Morgan fingerprint density at radius 1 is 0.930 bits per heavy atom. The molecule has 0 unspecified atom stereocenters. The van der Waals surface area contributed by atoms with Crippen molar-refractivity contribution in [1.29, 1.82) is 0 Å². The fraction of sp³-hybridized carbons (Fsp3) is 0.355. The first-order valence-corrected chi connectivity index (χ1v) is 16.1. The van der Waals surface area contributed by atoms with Gasteiger partial charge in [-0.25, -0.2) is 8.42 Å². The van der Waals surface area contributed by atoms with Gasteiger partial charge in [-0.2, -0.15) is 0 Å². The molecule has 3 aromatic carbocycles. The third-order valence-corrected chi connectivity index (χ3v) is 8.94. The number of carbonyl (C=O) groups excluding carboxylic acids is 2. The molecule has 0 heterocycles. The molecule has 232 valence electrons. The molecule has 1 N–H and O–H groups in total. The van der Waals surface area contributed by atoms with Gasteiger partial charge in [-0.05, 0) is 74.4 Å². The minimum absolute atomic E-state index is 0.0972. The smallest absolute Gasteiger partial charge is 0.264 e. The average molecular weight is 677 g/mol. The van der Waals surface area contributed by atoms with Gasteiger partial charge in [-0.3, -0.25) is 13.9 Å². The van der Waals surface area contributed by atoms with Gasteiger partial charge >= 0.3 is 0 Å². The van der Waals surface area contributed by atoms with E-state index in [1.165, 1.54) is 37.3 Å². The number of rotatable bonds is 15. The maximum Gasteiger partial charge on any atom is 0.264 e. The Kier molecular flexibility index (Phi) is 12.3. The molecule has 0 bridgehead atoms. The topological polar surface area (TPSA) is 114 Å². The third kappa shape index (κ3) is 8.64. The molecule has 0 aliphatic carbocycles. The zero-order valence-electron chi connectivity index (χ0n) is 25.0. The number of benzene rings is 3. The summed E-state index contributed by atoms with van der Waals surface area (Å²) in [4.78, 5) is 28.4. The van der Waals surface area contributed by atoms with Gasteiger partial charge in [0.2, 0.25) is 11.8 Å². The van der Waals surface area contributed by atoms with Crippen molar-refractivity contribution < 1.29 is 32.2 Å². The van der Waals surface area contributed by atoms with Gasteiger partial charge in [0.25, 0.3) is 10.0 Å². The van der Waals surface area contributed by atoms with Crippen molar-refractivity contribution in [2.45, 2.75) is 44.7 Å². The lowest BCUT2D eigenvalue weighted by Gasteiger charge is -2.32. The Morgan fingerprint density at radius 3 is 2.16 bits per heavy atom. The number of amides is 2. The van der Waals surface area contributed by atoms with Crippen molar-refractivity contribution in [3.8, 4) is 17.2 Å². The molecule has 43 heavy (non-hydrogen) atoms. The van der Waals surface area contributed by atoms with Crippen LogP contribution in [0.25, 0.3) is 0 Å². The summed E-state index contributed by atoms with van der Waals surface area (Å²) in [6, 6.07) is 17.2.